The largest absolute Gasteiger partial charge is 0.455 e. The van der Waals surface area contributed by atoms with Gasteiger partial charge in [-0.05, 0) is 43.7 Å². The first-order valence-corrected chi connectivity index (χ1v) is 7.37. The quantitative estimate of drug-likeness (QED) is 0.884. The van der Waals surface area contributed by atoms with Crippen molar-refractivity contribution in [1.82, 2.24) is 0 Å². The van der Waals surface area contributed by atoms with Gasteiger partial charge in [0, 0.05) is 6.04 Å². The van der Waals surface area contributed by atoms with Crippen LogP contribution in [-0.4, -0.2) is 11.9 Å². The zero-order valence-electron chi connectivity index (χ0n) is 13.2. The molecule has 0 spiro atoms. The summed E-state index contributed by atoms with van der Waals surface area (Å²) in [6.07, 6.45) is 0. The zero-order valence-corrected chi connectivity index (χ0v) is 13.2. The van der Waals surface area contributed by atoms with E-state index in [-0.39, 0.29) is 17.9 Å². The van der Waals surface area contributed by atoms with Crippen LogP contribution >= 0.6 is 0 Å². The van der Waals surface area contributed by atoms with Crippen molar-refractivity contribution in [3.05, 3.63) is 54.1 Å². The second-order valence-corrected chi connectivity index (χ2v) is 5.55. The van der Waals surface area contributed by atoms with Crippen LogP contribution in [0.25, 0.3) is 0 Å². The van der Waals surface area contributed by atoms with Gasteiger partial charge in [0.25, 0.3) is 0 Å². The molecule has 0 bridgehead atoms. The minimum absolute atomic E-state index is 0.112. The summed E-state index contributed by atoms with van der Waals surface area (Å²) >= 11 is 0. The third kappa shape index (κ3) is 4.09. The van der Waals surface area contributed by atoms with Crippen LogP contribution in [0.5, 0.6) is 11.5 Å². The van der Waals surface area contributed by atoms with Crippen molar-refractivity contribution in [2.45, 2.75) is 26.8 Å². The highest BCUT2D eigenvalue weighted by Gasteiger charge is 2.18. The summed E-state index contributed by atoms with van der Waals surface area (Å²) in [5.74, 6) is 0.952. The number of anilines is 1. The van der Waals surface area contributed by atoms with E-state index < -0.39 is 0 Å². The fourth-order valence-corrected chi connectivity index (χ4v) is 1.93. The van der Waals surface area contributed by atoms with Crippen LogP contribution in [0.2, 0.25) is 0 Å². The number of carbonyl (C=O) groups is 1. The molecule has 2 aromatic rings. The van der Waals surface area contributed by atoms with Gasteiger partial charge in [0.1, 0.15) is 5.75 Å². The topological polar surface area (TPSA) is 64.3 Å². The molecule has 0 aliphatic rings. The highest BCUT2D eigenvalue weighted by atomic mass is 16.5. The summed E-state index contributed by atoms with van der Waals surface area (Å²) in [6.45, 7) is 5.60. The van der Waals surface area contributed by atoms with Crippen molar-refractivity contribution < 1.29 is 9.53 Å². The van der Waals surface area contributed by atoms with Crippen molar-refractivity contribution in [2.24, 2.45) is 11.7 Å². The Balaban J connectivity index is 2.23. The first-order valence-electron chi connectivity index (χ1n) is 7.37. The molecular weight excluding hydrogens is 276 g/mol. The molecule has 1 amide bonds. The van der Waals surface area contributed by atoms with Gasteiger partial charge >= 0.3 is 0 Å². The summed E-state index contributed by atoms with van der Waals surface area (Å²) < 4.78 is 5.86. The van der Waals surface area contributed by atoms with Gasteiger partial charge in [-0.15, -0.1) is 0 Å². The smallest absolute Gasteiger partial charge is 0.228 e. The maximum absolute atomic E-state index is 12.2. The minimum Gasteiger partial charge on any atom is -0.455 e. The predicted molar refractivity (Wildman–Crippen MR) is 89.1 cm³/mol. The molecule has 0 aromatic heterocycles. The SMILES string of the molecule is Cc1ccc(Oc2ccccc2)c(NC(=O)C(C)C(C)N)c1. The molecule has 2 atom stereocenters. The summed E-state index contributed by atoms with van der Waals surface area (Å²) in [5.41, 5.74) is 7.49. The Morgan fingerprint density at radius 1 is 1.14 bits per heavy atom. The number of benzene rings is 2. The van der Waals surface area contributed by atoms with E-state index in [4.69, 9.17) is 10.5 Å². The maximum Gasteiger partial charge on any atom is 0.228 e. The van der Waals surface area contributed by atoms with Crippen LogP contribution in [0.1, 0.15) is 19.4 Å². The van der Waals surface area contributed by atoms with Crippen LogP contribution in [0.3, 0.4) is 0 Å². The lowest BCUT2D eigenvalue weighted by molar-refractivity contribution is -0.119. The standard InChI is InChI=1S/C18H22N2O2/c1-12-9-10-17(22-15-7-5-4-6-8-15)16(11-12)20-18(21)13(2)14(3)19/h4-11,13-14H,19H2,1-3H3,(H,20,21). The summed E-state index contributed by atoms with van der Waals surface area (Å²) in [6, 6.07) is 15.0. The Kier molecular flexibility index (Phi) is 5.17. The molecular formula is C18H22N2O2. The predicted octanol–water partition coefficient (Wildman–Crippen LogP) is 3.71. The molecule has 4 nitrogen and oxygen atoms in total. The van der Waals surface area contributed by atoms with E-state index in [1.165, 1.54) is 0 Å². The van der Waals surface area contributed by atoms with Crippen molar-refractivity contribution in [2.75, 3.05) is 5.32 Å². The van der Waals surface area contributed by atoms with E-state index in [0.29, 0.717) is 11.4 Å². The number of rotatable bonds is 5. The van der Waals surface area contributed by atoms with Crippen molar-refractivity contribution in [3.8, 4) is 11.5 Å². The van der Waals surface area contributed by atoms with Crippen LogP contribution in [0.4, 0.5) is 5.69 Å². The zero-order chi connectivity index (χ0) is 16.1. The molecule has 4 heteroatoms. The Hall–Kier alpha value is -2.33. The van der Waals surface area contributed by atoms with E-state index in [9.17, 15) is 4.79 Å². The number of nitrogens with one attached hydrogen (secondary N) is 1. The Morgan fingerprint density at radius 2 is 1.82 bits per heavy atom. The number of hydrogen-bond acceptors (Lipinski definition) is 3. The van der Waals surface area contributed by atoms with Gasteiger partial charge in [0.2, 0.25) is 5.91 Å². The lowest BCUT2D eigenvalue weighted by Crippen LogP contribution is -2.34. The van der Waals surface area contributed by atoms with Gasteiger partial charge < -0.3 is 15.8 Å². The van der Waals surface area contributed by atoms with Crippen molar-refractivity contribution in [3.63, 3.8) is 0 Å². The Labute approximate surface area is 131 Å². The number of ether oxygens (including phenoxy) is 1. The van der Waals surface area contributed by atoms with Crippen molar-refractivity contribution >= 4 is 11.6 Å². The lowest BCUT2D eigenvalue weighted by Gasteiger charge is -2.18. The van der Waals surface area contributed by atoms with E-state index in [2.05, 4.69) is 5.32 Å². The van der Waals surface area contributed by atoms with Gasteiger partial charge in [0.05, 0.1) is 11.6 Å². The molecule has 0 saturated heterocycles. The Bertz CT molecular complexity index is 639. The lowest BCUT2D eigenvalue weighted by atomic mass is 10.0. The van der Waals surface area contributed by atoms with E-state index in [1.807, 2.05) is 69.3 Å². The Morgan fingerprint density at radius 3 is 2.45 bits per heavy atom. The first-order chi connectivity index (χ1) is 10.5. The van der Waals surface area contributed by atoms with Gasteiger partial charge in [-0.3, -0.25) is 4.79 Å². The average molecular weight is 298 g/mol. The molecule has 3 N–H and O–H groups in total. The minimum atomic E-state index is -0.273. The number of aryl methyl sites for hydroxylation is 1. The average Bonchev–Trinajstić information content (AvgIpc) is 2.50. The van der Waals surface area contributed by atoms with E-state index in [1.54, 1.807) is 0 Å². The van der Waals surface area contributed by atoms with Gasteiger partial charge in [-0.1, -0.05) is 31.2 Å². The third-order valence-corrected chi connectivity index (χ3v) is 3.57. The number of amides is 1. The van der Waals surface area contributed by atoms with E-state index >= 15 is 0 Å². The molecule has 2 unspecified atom stereocenters. The van der Waals surface area contributed by atoms with Crippen LogP contribution in [0, 0.1) is 12.8 Å². The second kappa shape index (κ2) is 7.09. The number of carbonyl (C=O) groups excluding carboxylic acids is 1. The highest BCUT2D eigenvalue weighted by Crippen LogP contribution is 2.30. The van der Waals surface area contributed by atoms with Crippen molar-refractivity contribution in [1.29, 1.82) is 0 Å². The molecule has 22 heavy (non-hydrogen) atoms. The summed E-state index contributed by atoms with van der Waals surface area (Å²) in [7, 11) is 0. The van der Waals surface area contributed by atoms with Gasteiger partial charge in [0.15, 0.2) is 5.75 Å². The summed E-state index contributed by atoms with van der Waals surface area (Å²) in [4.78, 5) is 12.2. The molecule has 2 rings (SSSR count). The van der Waals surface area contributed by atoms with Gasteiger partial charge in [-0.2, -0.15) is 0 Å². The van der Waals surface area contributed by atoms with Crippen LogP contribution in [0.15, 0.2) is 48.5 Å². The van der Waals surface area contributed by atoms with Gasteiger partial charge in [-0.25, -0.2) is 0 Å². The maximum atomic E-state index is 12.2. The monoisotopic (exact) mass is 298 g/mol. The normalized spacial score (nSPS) is 13.3. The second-order valence-electron chi connectivity index (χ2n) is 5.55. The number of nitrogens with two attached hydrogens (primary N) is 1. The van der Waals surface area contributed by atoms with Crippen LogP contribution in [-0.2, 0) is 4.79 Å². The van der Waals surface area contributed by atoms with Crippen LogP contribution < -0.4 is 15.8 Å². The highest BCUT2D eigenvalue weighted by molar-refractivity contribution is 5.94. The summed E-state index contributed by atoms with van der Waals surface area (Å²) in [5, 5.41) is 2.91. The number of hydrogen-bond donors (Lipinski definition) is 2. The molecule has 0 radical (unpaired) electrons. The molecule has 116 valence electrons. The molecule has 0 fully saturated rings. The van der Waals surface area contributed by atoms with E-state index in [0.717, 1.165) is 11.3 Å². The fraction of sp³-hybridized carbons (Fsp3) is 0.278. The molecule has 0 aliphatic carbocycles. The first kappa shape index (κ1) is 16.0. The molecule has 0 heterocycles. The molecule has 0 saturated carbocycles. The fourth-order valence-electron chi connectivity index (χ4n) is 1.93. The number of para-hydroxylation sites is 1. The molecule has 2 aromatic carbocycles. The molecule has 0 aliphatic heterocycles. The third-order valence-electron chi connectivity index (χ3n) is 3.57.